The second-order valence-corrected chi connectivity index (χ2v) is 6.18. The van der Waals surface area contributed by atoms with Gasteiger partial charge in [-0.3, -0.25) is 9.69 Å². The highest BCUT2D eigenvalue weighted by molar-refractivity contribution is 5.75. The molecule has 2 heterocycles. The maximum Gasteiger partial charge on any atom is 0.241 e. The molecule has 0 saturated carbocycles. The lowest BCUT2D eigenvalue weighted by Gasteiger charge is -2.26. The SMILES string of the molecule is COc1ccc(OCc2cn(CC(=O)NCCN3CCOCC3)nn2)cc1. The number of benzene rings is 1. The van der Waals surface area contributed by atoms with Gasteiger partial charge in [0.25, 0.3) is 0 Å². The highest BCUT2D eigenvalue weighted by Gasteiger charge is 2.11. The predicted molar refractivity (Wildman–Crippen MR) is 97.6 cm³/mol. The molecule has 9 nitrogen and oxygen atoms in total. The molecule has 1 aliphatic heterocycles. The number of morpholine rings is 1. The largest absolute Gasteiger partial charge is 0.497 e. The summed E-state index contributed by atoms with van der Waals surface area (Å²) in [6.45, 7) is 5.20. The van der Waals surface area contributed by atoms with Gasteiger partial charge in [0.15, 0.2) is 0 Å². The number of carbonyl (C=O) groups is 1. The number of hydrogen-bond acceptors (Lipinski definition) is 7. The minimum atomic E-state index is -0.0872. The third-order valence-electron chi connectivity index (χ3n) is 4.19. The van der Waals surface area contributed by atoms with Crippen LogP contribution in [0.15, 0.2) is 30.5 Å². The fraction of sp³-hybridized carbons (Fsp3) is 0.500. The Morgan fingerprint density at radius 1 is 1.22 bits per heavy atom. The number of methoxy groups -OCH3 is 1. The molecule has 1 saturated heterocycles. The minimum absolute atomic E-state index is 0.0872. The Hall–Kier alpha value is -2.65. The Balaban J connectivity index is 1.37. The number of carbonyl (C=O) groups excluding carboxylic acids is 1. The van der Waals surface area contributed by atoms with E-state index < -0.39 is 0 Å². The van der Waals surface area contributed by atoms with E-state index in [4.69, 9.17) is 14.2 Å². The molecule has 1 aliphatic rings. The van der Waals surface area contributed by atoms with Gasteiger partial charge in [-0.15, -0.1) is 5.10 Å². The molecule has 1 N–H and O–H groups in total. The summed E-state index contributed by atoms with van der Waals surface area (Å²) in [4.78, 5) is 14.3. The van der Waals surface area contributed by atoms with Crippen LogP contribution in [0.3, 0.4) is 0 Å². The van der Waals surface area contributed by atoms with Gasteiger partial charge in [0.05, 0.1) is 26.5 Å². The number of amides is 1. The zero-order valence-corrected chi connectivity index (χ0v) is 15.5. The third kappa shape index (κ3) is 6.22. The first-order valence-electron chi connectivity index (χ1n) is 8.95. The molecule has 1 fully saturated rings. The van der Waals surface area contributed by atoms with Crippen molar-refractivity contribution in [2.45, 2.75) is 13.2 Å². The first-order chi connectivity index (χ1) is 13.2. The van der Waals surface area contributed by atoms with Crippen molar-refractivity contribution >= 4 is 5.91 Å². The van der Waals surface area contributed by atoms with Crippen LogP contribution in [0, 0.1) is 0 Å². The van der Waals surface area contributed by atoms with Crippen molar-refractivity contribution < 1.29 is 19.0 Å². The van der Waals surface area contributed by atoms with Gasteiger partial charge in [-0.25, -0.2) is 4.68 Å². The van der Waals surface area contributed by atoms with Crippen LogP contribution in [0.25, 0.3) is 0 Å². The quantitative estimate of drug-likeness (QED) is 0.675. The summed E-state index contributed by atoms with van der Waals surface area (Å²) in [6, 6.07) is 7.30. The molecule has 0 aliphatic carbocycles. The van der Waals surface area contributed by atoms with Gasteiger partial charge >= 0.3 is 0 Å². The zero-order chi connectivity index (χ0) is 18.9. The van der Waals surface area contributed by atoms with Crippen molar-refractivity contribution in [2.75, 3.05) is 46.5 Å². The van der Waals surface area contributed by atoms with Gasteiger partial charge in [-0.1, -0.05) is 5.21 Å². The van der Waals surface area contributed by atoms with Gasteiger partial charge < -0.3 is 19.5 Å². The van der Waals surface area contributed by atoms with Crippen molar-refractivity contribution in [1.29, 1.82) is 0 Å². The van der Waals surface area contributed by atoms with Crippen LogP contribution in [-0.4, -0.2) is 72.3 Å². The fourth-order valence-electron chi connectivity index (χ4n) is 2.69. The van der Waals surface area contributed by atoms with Gasteiger partial charge in [0.1, 0.15) is 30.3 Å². The molecule has 1 aromatic carbocycles. The van der Waals surface area contributed by atoms with Gasteiger partial charge in [0, 0.05) is 26.2 Å². The average Bonchev–Trinajstić information content (AvgIpc) is 3.15. The van der Waals surface area contributed by atoms with E-state index in [2.05, 4.69) is 20.5 Å². The lowest BCUT2D eigenvalue weighted by atomic mass is 10.3. The molecule has 0 atom stereocenters. The van der Waals surface area contributed by atoms with Crippen molar-refractivity contribution in [3.05, 3.63) is 36.2 Å². The molecular weight excluding hydrogens is 350 g/mol. The van der Waals surface area contributed by atoms with E-state index in [0.717, 1.165) is 38.6 Å². The molecule has 146 valence electrons. The topological polar surface area (TPSA) is 90.7 Å². The lowest BCUT2D eigenvalue weighted by molar-refractivity contribution is -0.121. The number of nitrogens with zero attached hydrogens (tertiary/aromatic N) is 4. The number of rotatable bonds is 9. The molecule has 9 heteroatoms. The maximum absolute atomic E-state index is 12.0. The summed E-state index contributed by atoms with van der Waals surface area (Å²) in [7, 11) is 1.62. The molecule has 2 aromatic rings. The van der Waals surface area contributed by atoms with E-state index >= 15 is 0 Å². The Bertz CT molecular complexity index is 713. The highest BCUT2D eigenvalue weighted by Crippen LogP contribution is 2.17. The van der Waals surface area contributed by atoms with Gasteiger partial charge in [0.2, 0.25) is 5.91 Å². The van der Waals surface area contributed by atoms with Gasteiger partial charge in [-0.2, -0.15) is 0 Å². The maximum atomic E-state index is 12.0. The van der Waals surface area contributed by atoms with Crippen LogP contribution in [0.5, 0.6) is 11.5 Å². The van der Waals surface area contributed by atoms with E-state index in [-0.39, 0.29) is 19.1 Å². The Kier molecular flexibility index (Phi) is 7.00. The Morgan fingerprint density at radius 3 is 2.70 bits per heavy atom. The normalized spacial score (nSPS) is 14.7. The Morgan fingerprint density at radius 2 is 1.96 bits per heavy atom. The van der Waals surface area contributed by atoms with E-state index in [1.165, 1.54) is 4.68 Å². The summed E-state index contributed by atoms with van der Waals surface area (Å²) in [5.41, 5.74) is 0.659. The number of ether oxygens (including phenoxy) is 3. The highest BCUT2D eigenvalue weighted by atomic mass is 16.5. The van der Waals surface area contributed by atoms with E-state index in [9.17, 15) is 4.79 Å². The van der Waals surface area contributed by atoms with E-state index in [0.29, 0.717) is 18.0 Å². The van der Waals surface area contributed by atoms with Crippen LogP contribution in [0.2, 0.25) is 0 Å². The summed E-state index contributed by atoms with van der Waals surface area (Å²) >= 11 is 0. The molecule has 0 unspecified atom stereocenters. The molecule has 0 spiro atoms. The summed E-state index contributed by atoms with van der Waals surface area (Å²) in [5.74, 6) is 1.40. The summed E-state index contributed by atoms with van der Waals surface area (Å²) in [6.07, 6.45) is 1.71. The standard InChI is InChI=1S/C18H25N5O4/c1-25-16-2-4-17(5-3-16)27-14-15-12-23(21-20-15)13-18(24)19-6-7-22-8-10-26-11-9-22/h2-5,12H,6-11,13-14H2,1H3,(H,19,24). The second kappa shape index (κ2) is 9.89. The van der Waals surface area contributed by atoms with E-state index in [1.807, 2.05) is 24.3 Å². The third-order valence-corrected chi connectivity index (χ3v) is 4.19. The van der Waals surface area contributed by atoms with E-state index in [1.54, 1.807) is 13.3 Å². The number of aromatic nitrogens is 3. The fourth-order valence-corrected chi connectivity index (χ4v) is 2.69. The second-order valence-electron chi connectivity index (χ2n) is 6.18. The van der Waals surface area contributed by atoms with Crippen molar-refractivity contribution in [3.8, 4) is 11.5 Å². The smallest absolute Gasteiger partial charge is 0.241 e. The number of nitrogens with one attached hydrogen (secondary N) is 1. The monoisotopic (exact) mass is 375 g/mol. The predicted octanol–water partition coefficient (Wildman–Crippen LogP) is 0.314. The van der Waals surface area contributed by atoms with Gasteiger partial charge in [-0.05, 0) is 24.3 Å². The first kappa shape index (κ1) is 19.1. The van der Waals surface area contributed by atoms with Crippen molar-refractivity contribution in [1.82, 2.24) is 25.2 Å². The van der Waals surface area contributed by atoms with Crippen molar-refractivity contribution in [2.24, 2.45) is 0 Å². The zero-order valence-electron chi connectivity index (χ0n) is 15.5. The Labute approximate surface area is 158 Å². The van der Waals surface area contributed by atoms with Crippen LogP contribution in [0.1, 0.15) is 5.69 Å². The molecular formula is C18H25N5O4. The first-order valence-corrected chi connectivity index (χ1v) is 8.95. The van der Waals surface area contributed by atoms with Crippen LogP contribution in [-0.2, 0) is 22.7 Å². The molecule has 27 heavy (non-hydrogen) atoms. The molecule has 1 aromatic heterocycles. The summed E-state index contributed by atoms with van der Waals surface area (Å²) in [5, 5.41) is 10.9. The van der Waals surface area contributed by atoms with Crippen LogP contribution in [0.4, 0.5) is 0 Å². The van der Waals surface area contributed by atoms with Crippen LogP contribution < -0.4 is 14.8 Å². The van der Waals surface area contributed by atoms with Crippen molar-refractivity contribution in [3.63, 3.8) is 0 Å². The molecule has 1 amide bonds. The molecule has 0 radical (unpaired) electrons. The summed E-state index contributed by atoms with van der Waals surface area (Å²) < 4.78 is 17.6. The molecule has 0 bridgehead atoms. The lowest BCUT2D eigenvalue weighted by Crippen LogP contribution is -2.41. The average molecular weight is 375 g/mol. The van der Waals surface area contributed by atoms with Crippen LogP contribution >= 0.6 is 0 Å². The number of hydrogen-bond donors (Lipinski definition) is 1. The minimum Gasteiger partial charge on any atom is -0.497 e. The molecule has 3 rings (SSSR count).